The van der Waals surface area contributed by atoms with E-state index < -0.39 is 23.5 Å². The van der Waals surface area contributed by atoms with Crippen molar-refractivity contribution in [1.29, 1.82) is 0 Å². The first-order chi connectivity index (χ1) is 9.28. The van der Waals surface area contributed by atoms with Crippen LogP contribution in [-0.4, -0.2) is 17.7 Å². The highest BCUT2D eigenvalue weighted by atomic mass is 35.5. The second kappa shape index (κ2) is 5.13. The van der Waals surface area contributed by atoms with E-state index in [1.807, 2.05) is 0 Å². The zero-order valence-corrected chi connectivity index (χ0v) is 11.5. The van der Waals surface area contributed by atoms with Crippen molar-refractivity contribution >= 4 is 29.2 Å². The molecule has 1 saturated heterocycles. The number of hydrogen-bond acceptors (Lipinski definition) is 5. The number of benzene rings is 1. The van der Waals surface area contributed by atoms with Gasteiger partial charge in [-0.1, -0.05) is 11.6 Å². The lowest BCUT2D eigenvalue weighted by Crippen LogP contribution is -2.42. The molecule has 1 N–H and O–H groups in total. The number of ether oxygens (including phenoxy) is 2. The maximum Gasteiger partial charge on any atom is 0.350 e. The van der Waals surface area contributed by atoms with Gasteiger partial charge in [-0.15, -0.1) is 0 Å². The van der Waals surface area contributed by atoms with Gasteiger partial charge < -0.3 is 14.8 Å². The Kier molecular flexibility index (Phi) is 3.67. The van der Waals surface area contributed by atoms with Gasteiger partial charge in [0.1, 0.15) is 5.82 Å². The van der Waals surface area contributed by atoms with E-state index in [-0.39, 0.29) is 16.3 Å². The fourth-order valence-corrected chi connectivity index (χ4v) is 1.71. The Hall–Kier alpha value is -2.08. The minimum absolute atomic E-state index is 0.213. The normalized spacial score (nSPS) is 17.3. The molecule has 7 heteroatoms. The first-order valence-electron chi connectivity index (χ1n) is 5.67. The molecule has 1 aliphatic rings. The zero-order valence-electron chi connectivity index (χ0n) is 10.7. The second-order valence-corrected chi connectivity index (χ2v) is 4.91. The molecule has 1 heterocycles. The largest absolute Gasteiger partial charge is 0.419 e. The molecule has 0 aromatic heterocycles. The van der Waals surface area contributed by atoms with E-state index in [1.54, 1.807) is 0 Å². The summed E-state index contributed by atoms with van der Waals surface area (Å²) in [6.45, 7) is 2.88. The third kappa shape index (κ3) is 3.08. The zero-order chi connectivity index (χ0) is 14.9. The van der Waals surface area contributed by atoms with E-state index in [0.29, 0.717) is 0 Å². The number of esters is 2. The van der Waals surface area contributed by atoms with Gasteiger partial charge in [0.2, 0.25) is 0 Å². The SMILES string of the molecule is CC1(C)OC(=O)C(=CNc2cc(F)ccc2Cl)C(=O)O1. The Balaban J connectivity index is 2.21. The Morgan fingerprint density at radius 3 is 2.45 bits per heavy atom. The molecule has 5 nitrogen and oxygen atoms in total. The van der Waals surface area contributed by atoms with E-state index in [2.05, 4.69) is 5.32 Å². The Bertz CT molecular complexity index is 590. The lowest BCUT2D eigenvalue weighted by Gasteiger charge is -2.29. The number of hydrogen-bond donors (Lipinski definition) is 1. The van der Waals surface area contributed by atoms with Crippen LogP contribution in [0.5, 0.6) is 0 Å². The molecule has 0 aliphatic carbocycles. The number of nitrogens with one attached hydrogen (secondary N) is 1. The van der Waals surface area contributed by atoms with E-state index >= 15 is 0 Å². The van der Waals surface area contributed by atoms with Crippen LogP contribution in [0.3, 0.4) is 0 Å². The van der Waals surface area contributed by atoms with Crippen LogP contribution in [0.25, 0.3) is 0 Å². The predicted molar refractivity (Wildman–Crippen MR) is 69.4 cm³/mol. The monoisotopic (exact) mass is 299 g/mol. The van der Waals surface area contributed by atoms with Gasteiger partial charge in [0.15, 0.2) is 5.57 Å². The van der Waals surface area contributed by atoms with Gasteiger partial charge >= 0.3 is 11.9 Å². The molecular weight excluding hydrogens is 289 g/mol. The van der Waals surface area contributed by atoms with Crippen molar-refractivity contribution in [3.8, 4) is 0 Å². The molecule has 0 unspecified atom stereocenters. The average molecular weight is 300 g/mol. The van der Waals surface area contributed by atoms with Gasteiger partial charge in [-0.2, -0.15) is 0 Å². The molecule has 0 bridgehead atoms. The lowest BCUT2D eigenvalue weighted by molar-refractivity contribution is -0.222. The summed E-state index contributed by atoms with van der Waals surface area (Å²) >= 11 is 5.84. The molecule has 0 saturated carbocycles. The summed E-state index contributed by atoms with van der Waals surface area (Å²) in [5.74, 6) is -3.47. The van der Waals surface area contributed by atoms with Crippen LogP contribution >= 0.6 is 11.6 Å². The van der Waals surface area contributed by atoms with Crippen molar-refractivity contribution in [1.82, 2.24) is 0 Å². The molecule has 20 heavy (non-hydrogen) atoms. The molecule has 1 aromatic carbocycles. The second-order valence-electron chi connectivity index (χ2n) is 4.51. The van der Waals surface area contributed by atoms with Crippen molar-refractivity contribution in [2.75, 3.05) is 5.32 Å². The highest BCUT2D eigenvalue weighted by Gasteiger charge is 2.38. The molecule has 0 radical (unpaired) electrons. The fourth-order valence-electron chi connectivity index (χ4n) is 1.54. The van der Waals surface area contributed by atoms with Gasteiger partial charge in [0.25, 0.3) is 5.79 Å². The first kappa shape index (κ1) is 14.3. The summed E-state index contributed by atoms with van der Waals surface area (Å²) < 4.78 is 22.9. The van der Waals surface area contributed by atoms with Crippen LogP contribution in [0, 0.1) is 5.82 Å². The standard InChI is InChI=1S/C13H11ClFNO4/c1-13(2)19-11(17)8(12(18)20-13)6-16-10-5-7(15)3-4-9(10)14/h3-6,16H,1-2H3. The number of cyclic esters (lactones) is 2. The third-order valence-electron chi connectivity index (χ3n) is 2.42. The summed E-state index contributed by atoms with van der Waals surface area (Å²) in [5, 5.41) is 2.81. The molecule has 1 aliphatic heterocycles. The van der Waals surface area contributed by atoms with Gasteiger partial charge in [0, 0.05) is 20.0 Å². The van der Waals surface area contributed by atoms with E-state index in [0.717, 1.165) is 12.3 Å². The molecular formula is C13H11ClFNO4. The van der Waals surface area contributed by atoms with Crippen LogP contribution in [0.4, 0.5) is 10.1 Å². The fraction of sp³-hybridized carbons (Fsp3) is 0.231. The summed E-state index contributed by atoms with van der Waals surface area (Å²) in [6, 6.07) is 3.66. The summed E-state index contributed by atoms with van der Waals surface area (Å²) in [4.78, 5) is 23.3. The molecule has 0 spiro atoms. The highest BCUT2D eigenvalue weighted by molar-refractivity contribution is 6.33. The van der Waals surface area contributed by atoms with E-state index in [1.165, 1.54) is 26.0 Å². The molecule has 2 rings (SSSR count). The molecule has 1 fully saturated rings. The van der Waals surface area contributed by atoms with Crippen LogP contribution in [-0.2, 0) is 19.1 Å². The number of rotatable bonds is 2. The summed E-state index contributed by atoms with van der Waals surface area (Å²) in [5.41, 5.74) is -0.116. The Morgan fingerprint density at radius 1 is 1.25 bits per heavy atom. The molecule has 106 valence electrons. The molecule has 1 aromatic rings. The van der Waals surface area contributed by atoms with Gasteiger partial charge in [0.05, 0.1) is 10.7 Å². The maximum atomic E-state index is 13.1. The van der Waals surface area contributed by atoms with Crippen molar-refractivity contribution in [3.05, 3.63) is 40.8 Å². The predicted octanol–water partition coefficient (Wildman–Crippen LogP) is 2.61. The molecule has 0 amide bonds. The van der Waals surface area contributed by atoms with Crippen molar-refractivity contribution in [3.63, 3.8) is 0 Å². The smallest absolute Gasteiger partial charge is 0.350 e. The van der Waals surface area contributed by atoms with Crippen molar-refractivity contribution in [2.45, 2.75) is 19.6 Å². The van der Waals surface area contributed by atoms with Gasteiger partial charge in [-0.3, -0.25) is 0 Å². The van der Waals surface area contributed by atoms with E-state index in [4.69, 9.17) is 21.1 Å². The number of anilines is 1. The van der Waals surface area contributed by atoms with E-state index in [9.17, 15) is 14.0 Å². The third-order valence-corrected chi connectivity index (χ3v) is 2.75. The van der Waals surface area contributed by atoms with Crippen molar-refractivity contribution < 1.29 is 23.5 Å². The summed E-state index contributed by atoms with van der Waals surface area (Å²) in [7, 11) is 0. The van der Waals surface area contributed by atoms with Gasteiger partial charge in [-0.05, 0) is 18.2 Å². The van der Waals surface area contributed by atoms with Crippen LogP contribution in [0.15, 0.2) is 30.0 Å². The number of carbonyl (C=O) groups excluding carboxylic acids is 2. The number of carbonyl (C=O) groups is 2. The first-order valence-corrected chi connectivity index (χ1v) is 6.05. The number of halogens is 2. The Labute approximate surface area is 119 Å². The van der Waals surface area contributed by atoms with Crippen LogP contribution in [0.2, 0.25) is 5.02 Å². The van der Waals surface area contributed by atoms with Crippen LogP contribution in [0.1, 0.15) is 13.8 Å². The summed E-state index contributed by atoms with van der Waals surface area (Å²) in [6.07, 6.45) is 1.07. The topological polar surface area (TPSA) is 64.6 Å². The average Bonchev–Trinajstić information content (AvgIpc) is 2.30. The molecule has 0 atom stereocenters. The lowest BCUT2D eigenvalue weighted by atomic mass is 10.2. The van der Waals surface area contributed by atoms with Crippen molar-refractivity contribution in [2.24, 2.45) is 0 Å². The minimum Gasteiger partial charge on any atom is -0.419 e. The highest BCUT2D eigenvalue weighted by Crippen LogP contribution is 2.25. The Morgan fingerprint density at radius 2 is 1.85 bits per heavy atom. The minimum atomic E-state index is -1.30. The maximum absolute atomic E-state index is 13.1. The quantitative estimate of drug-likeness (QED) is 0.516. The van der Waals surface area contributed by atoms with Crippen LogP contribution < -0.4 is 5.32 Å². The van der Waals surface area contributed by atoms with Gasteiger partial charge in [-0.25, -0.2) is 14.0 Å².